The number of H-pyrrole nitrogens is 1. The van der Waals surface area contributed by atoms with E-state index in [4.69, 9.17) is 18.9 Å². The molecule has 4 aromatic rings. The lowest BCUT2D eigenvalue weighted by Gasteiger charge is -2.27. The second kappa shape index (κ2) is 10.3. The van der Waals surface area contributed by atoms with Crippen LogP contribution in [0.25, 0.3) is 10.9 Å². The van der Waals surface area contributed by atoms with Gasteiger partial charge >= 0.3 is 0 Å². The number of pyridine rings is 1. The molecule has 0 saturated heterocycles. The van der Waals surface area contributed by atoms with Gasteiger partial charge in [0.05, 0.1) is 31.8 Å². The number of tetrazole rings is 1. The molecule has 11 heteroatoms. The predicted octanol–water partition coefficient (Wildman–Crippen LogP) is 3.61. The van der Waals surface area contributed by atoms with Crippen molar-refractivity contribution in [2.45, 2.75) is 52.4 Å². The van der Waals surface area contributed by atoms with E-state index in [9.17, 15) is 4.79 Å². The average Bonchev–Trinajstić information content (AvgIpc) is 3.58. The largest absolute Gasteiger partial charge is 0.493 e. The van der Waals surface area contributed by atoms with Crippen molar-refractivity contribution in [3.63, 3.8) is 0 Å². The van der Waals surface area contributed by atoms with E-state index in [0.29, 0.717) is 48.0 Å². The Morgan fingerprint density at radius 1 is 1.03 bits per heavy atom. The normalized spacial score (nSPS) is 12.9. The van der Waals surface area contributed by atoms with Crippen molar-refractivity contribution in [1.29, 1.82) is 0 Å². The van der Waals surface area contributed by atoms with Crippen LogP contribution >= 0.6 is 0 Å². The van der Waals surface area contributed by atoms with Crippen molar-refractivity contribution >= 4 is 10.9 Å². The van der Waals surface area contributed by atoms with E-state index < -0.39 is 0 Å². The second-order valence-electron chi connectivity index (χ2n) is 9.92. The SMILES string of the molecule is CCC(C)(C)n1nnnc1CN(Cc1ccc2c(c1)OCO2)Cc1cc2cc(OC)c(OC)cc2[nH]c1=O. The number of ether oxygens (including phenoxy) is 4. The van der Waals surface area contributed by atoms with Gasteiger partial charge in [-0.1, -0.05) is 13.0 Å². The summed E-state index contributed by atoms with van der Waals surface area (Å²) in [6, 6.07) is 11.4. The molecular weight excluding hydrogens is 488 g/mol. The maximum atomic E-state index is 13.2. The fourth-order valence-corrected chi connectivity index (χ4v) is 4.53. The number of aromatic nitrogens is 5. The van der Waals surface area contributed by atoms with Crippen LogP contribution in [0.2, 0.25) is 0 Å². The Hall–Kier alpha value is -4.12. The van der Waals surface area contributed by atoms with Gasteiger partial charge in [0.15, 0.2) is 28.8 Å². The van der Waals surface area contributed by atoms with Crippen LogP contribution in [-0.4, -0.2) is 51.1 Å². The van der Waals surface area contributed by atoms with Gasteiger partial charge in [0, 0.05) is 30.1 Å². The molecule has 0 radical (unpaired) electrons. The first kappa shape index (κ1) is 25.5. The van der Waals surface area contributed by atoms with Gasteiger partial charge in [0.25, 0.3) is 5.56 Å². The highest BCUT2D eigenvalue weighted by Crippen LogP contribution is 2.34. The van der Waals surface area contributed by atoms with Crippen LogP contribution in [0.1, 0.15) is 44.1 Å². The van der Waals surface area contributed by atoms with Crippen LogP contribution in [0.5, 0.6) is 23.0 Å². The molecule has 38 heavy (non-hydrogen) atoms. The molecule has 0 saturated carbocycles. The molecule has 0 fully saturated rings. The Labute approximate surface area is 220 Å². The lowest BCUT2D eigenvalue weighted by atomic mass is 10.0. The lowest BCUT2D eigenvalue weighted by molar-refractivity contribution is 0.174. The number of fused-ring (bicyclic) bond motifs is 2. The van der Waals surface area contributed by atoms with Crippen molar-refractivity contribution < 1.29 is 18.9 Å². The average molecular weight is 521 g/mol. The maximum Gasteiger partial charge on any atom is 0.252 e. The van der Waals surface area contributed by atoms with E-state index in [1.807, 2.05) is 35.0 Å². The summed E-state index contributed by atoms with van der Waals surface area (Å²) < 4.78 is 23.8. The van der Waals surface area contributed by atoms with Gasteiger partial charge in [-0.2, -0.15) is 0 Å². The van der Waals surface area contributed by atoms with Crippen molar-refractivity contribution in [1.82, 2.24) is 30.1 Å². The number of hydrogen-bond donors (Lipinski definition) is 1. The molecule has 2 aromatic carbocycles. The molecular formula is C27H32N6O5. The first-order chi connectivity index (χ1) is 18.3. The standard InChI is InChI=1S/C27H32N6O5/c1-6-27(2,3)33-25(29-30-31-33)15-32(13-17-7-8-21-24(9-17)38-16-37-21)14-19-10-18-11-22(35-4)23(36-5)12-20(18)28-26(19)34/h7-12H,6,13-16H2,1-5H3,(H,28,34). The van der Waals surface area contributed by atoms with Crippen LogP contribution < -0.4 is 24.5 Å². The molecule has 3 heterocycles. The Balaban J connectivity index is 1.50. The van der Waals surface area contributed by atoms with Gasteiger partial charge in [-0.05, 0) is 60.5 Å². The Morgan fingerprint density at radius 3 is 2.55 bits per heavy atom. The maximum absolute atomic E-state index is 13.2. The quantitative estimate of drug-likeness (QED) is 0.335. The number of nitrogens with zero attached hydrogens (tertiary/aromatic N) is 5. The van der Waals surface area contributed by atoms with Gasteiger partial charge in [-0.25, -0.2) is 4.68 Å². The van der Waals surface area contributed by atoms with Crippen molar-refractivity contribution in [2.24, 2.45) is 0 Å². The highest BCUT2D eigenvalue weighted by Gasteiger charge is 2.25. The molecule has 1 N–H and O–H groups in total. The molecule has 0 unspecified atom stereocenters. The summed E-state index contributed by atoms with van der Waals surface area (Å²) in [5.41, 5.74) is 1.88. The zero-order valence-corrected chi connectivity index (χ0v) is 22.3. The summed E-state index contributed by atoms with van der Waals surface area (Å²) in [5, 5.41) is 13.4. The molecule has 0 amide bonds. The first-order valence-electron chi connectivity index (χ1n) is 12.5. The molecule has 2 aromatic heterocycles. The molecule has 11 nitrogen and oxygen atoms in total. The van der Waals surface area contributed by atoms with E-state index in [2.05, 4.69) is 46.2 Å². The molecule has 0 aliphatic carbocycles. The smallest absolute Gasteiger partial charge is 0.252 e. The van der Waals surface area contributed by atoms with Gasteiger partial charge in [0.1, 0.15) is 0 Å². The third-order valence-corrected chi connectivity index (χ3v) is 7.00. The topological polar surface area (TPSA) is 117 Å². The summed E-state index contributed by atoms with van der Waals surface area (Å²) in [6.07, 6.45) is 0.864. The lowest BCUT2D eigenvalue weighted by Crippen LogP contribution is -2.32. The van der Waals surface area contributed by atoms with Crippen molar-refractivity contribution in [2.75, 3.05) is 21.0 Å². The van der Waals surface area contributed by atoms with Gasteiger partial charge < -0.3 is 23.9 Å². The van der Waals surface area contributed by atoms with E-state index >= 15 is 0 Å². The molecule has 0 atom stereocenters. The minimum absolute atomic E-state index is 0.172. The minimum atomic E-state index is -0.251. The van der Waals surface area contributed by atoms with E-state index in [1.165, 1.54) is 0 Å². The number of rotatable bonds is 10. The van der Waals surface area contributed by atoms with Gasteiger partial charge in [0.2, 0.25) is 6.79 Å². The van der Waals surface area contributed by atoms with Crippen molar-refractivity contribution in [3.8, 4) is 23.0 Å². The second-order valence-corrected chi connectivity index (χ2v) is 9.92. The molecule has 5 rings (SSSR count). The number of benzene rings is 2. The van der Waals surface area contributed by atoms with Crippen LogP contribution in [0.4, 0.5) is 0 Å². The van der Waals surface area contributed by atoms with Crippen LogP contribution in [0.3, 0.4) is 0 Å². The molecule has 1 aliphatic heterocycles. The summed E-state index contributed by atoms with van der Waals surface area (Å²) in [5.74, 6) is 3.31. The Morgan fingerprint density at radius 2 is 1.79 bits per heavy atom. The zero-order valence-electron chi connectivity index (χ0n) is 22.3. The fourth-order valence-electron chi connectivity index (χ4n) is 4.53. The first-order valence-corrected chi connectivity index (χ1v) is 12.5. The van der Waals surface area contributed by atoms with E-state index in [0.717, 1.165) is 28.9 Å². The third kappa shape index (κ3) is 5.01. The van der Waals surface area contributed by atoms with E-state index in [1.54, 1.807) is 20.3 Å². The number of methoxy groups -OCH3 is 2. The molecule has 0 bridgehead atoms. The Bertz CT molecular complexity index is 1510. The van der Waals surface area contributed by atoms with E-state index in [-0.39, 0.29) is 17.9 Å². The van der Waals surface area contributed by atoms with Gasteiger partial charge in [-0.3, -0.25) is 9.69 Å². The molecule has 0 spiro atoms. The zero-order chi connectivity index (χ0) is 26.9. The van der Waals surface area contributed by atoms with Crippen LogP contribution in [0, 0.1) is 0 Å². The summed E-state index contributed by atoms with van der Waals surface area (Å²) in [7, 11) is 3.16. The fraction of sp³-hybridized carbons (Fsp3) is 0.407. The highest BCUT2D eigenvalue weighted by atomic mass is 16.7. The van der Waals surface area contributed by atoms with Gasteiger partial charge in [-0.15, -0.1) is 5.10 Å². The summed E-state index contributed by atoms with van der Waals surface area (Å²) >= 11 is 0. The van der Waals surface area contributed by atoms with Crippen LogP contribution in [-0.2, 0) is 25.2 Å². The number of nitrogens with one attached hydrogen (secondary N) is 1. The third-order valence-electron chi connectivity index (χ3n) is 7.00. The minimum Gasteiger partial charge on any atom is -0.493 e. The molecule has 200 valence electrons. The Kier molecular flexibility index (Phi) is 6.94. The highest BCUT2D eigenvalue weighted by molar-refractivity contribution is 5.83. The van der Waals surface area contributed by atoms with Crippen molar-refractivity contribution in [3.05, 3.63) is 63.7 Å². The predicted molar refractivity (Wildman–Crippen MR) is 141 cm³/mol. The summed E-state index contributed by atoms with van der Waals surface area (Å²) in [4.78, 5) is 18.3. The summed E-state index contributed by atoms with van der Waals surface area (Å²) in [6.45, 7) is 7.87. The molecule has 1 aliphatic rings. The number of hydrogen-bond acceptors (Lipinski definition) is 9. The number of aromatic amines is 1. The van der Waals surface area contributed by atoms with Crippen LogP contribution in [0.15, 0.2) is 41.2 Å². The monoisotopic (exact) mass is 520 g/mol.